The largest absolute Gasteiger partial charge is 0.0625 e. The van der Waals surface area contributed by atoms with E-state index in [1.54, 1.807) is 0 Å². The van der Waals surface area contributed by atoms with Crippen LogP contribution in [-0.2, 0) is 0 Å². The van der Waals surface area contributed by atoms with Crippen molar-refractivity contribution >= 4 is 0 Å². The summed E-state index contributed by atoms with van der Waals surface area (Å²) < 4.78 is 0. The molecule has 2 fully saturated rings. The van der Waals surface area contributed by atoms with Crippen molar-refractivity contribution in [2.24, 2.45) is 29.6 Å². The summed E-state index contributed by atoms with van der Waals surface area (Å²) in [5, 5.41) is 0. The van der Waals surface area contributed by atoms with Gasteiger partial charge in [0.15, 0.2) is 0 Å². The first-order valence-corrected chi connectivity index (χ1v) is 6.66. The highest BCUT2D eigenvalue weighted by molar-refractivity contribution is 4.84. The fourth-order valence-electron chi connectivity index (χ4n) is 3.70. The van der Waals surface area contributed by atoms with Crippen molar-refractivity contribution in [2.45, 2.75) is 59.3 Å². The zero-order valence-electron chi connectivity index (χ0n) is 10.1. The second-order valence-corrected chi connectivity index (χ2v) is 6.21. The molecule has 0 saturated heterocycles. The molecule has 2 aliphatic rings. The molecule has 0 nitrogen and oxygen atoms in total. The fraction of sp³-hybridized carbons (Fsp3) is 1.00. The Kier molecular flexibility index (Phi) is 3.19. The smallest absolute Gasteiger partial charge is 0.0383 e. The third-order valence-electron chi connectivity index (χ3n) is 5.04. The molecule has 5 atom stereocenters. The van der Waals surface area contributed by atoms with Crippen molar-refractivity contribution in [3.05, 3.63) is 0 Å². The van der Waals surface area contributed by atoms with E-state index in [9.17, 15) is 0 Å². The van der Waals surface area contributed by atoms with Crippen molar-refractivity contribution in [3.8, 4) is 0 Å². The van der Waals surface area contributed by atoms with Crippen molar-refractivity contribution in [3.63, 3.8) is 0 Å². The Morgan fingerprint density at radius 2 is 1.29 bits per heavy atom. The van der Waals surface area contributed by atoms with Gasteiger partial charge in [0, 0.05) is 0 Å². The van der Waals surface area contributed by atoms with Gasteiger partial charge in [-0.25, -0.2) is 0 Å². The molecule has 0 aliphatic heterocycles. The van der Waals surface area contributed by atoms with Crippen molar-refractivity contribution in [1.29, 1.82) is 0 Å². The van der Waals surface area contributed by atoms with E-state index in [0.717, 1.165) is 29.6 Å². The Morgan fingerprint density at radius 3 is 1.86 bits per heavy atom. The van der Waals surface area contributed by atoms with Gasteiger partial charge in [0.2, 0.25) is 0 Å². The summed E-state index contributed by atoms with van der Waals surface area (Å²) in [4.78, 5) is 0. The molecule has 0 aromatic rings. The minimum absolute atomic E-state index is 0.990. The van der Waals surface area contributed by atoms with Crippen LogP contribution in [0.4, 0.5) is 0 Å². The molecule has 2 aliphatic carbocycles. The van der Waals surface area contributed by atoms with Gasteiger partial charge in [0.05, 0.1) is 0 Å². The number of hydrogen-bond acceptors (Lipinski definition) is 0. The van der Waals surface area contributed by atoms with Gasteiger partial charge in [-0.1, -0.05) is 33.6 Å². The molecular weight excluding hydrogens is 168 g/mol. The van der Waals surface area contributed by atoms with Crippen LogP contribution in [0.25, 0.3) is 0 Å². The van der Waals surface area contributed by atoms with Gasteiger partial charge >= 0.3 is 0 Å². The molecular formula is C14H26. The topological polar surface area (TPSA) is 0 Å². The van der Waals surface area contributed by atoms with Crippen LogP contribution in [-0.4, -0.2) is 0 Å². The van der Waals surface area contributed by atoms with E-state index in [-0.39, 0.29) is 0 Å². The Hall–Kier alpha value is 0. The normalized spacial score (nSPS) is 49.5. The lowest BCUT2D eigenvalue weighted by Gasteiger charge is -2.35. The minimum Gasteiger partial charge on any atom is -0.0625 e. The molecule has 14 heavy (non-hydrogen) atoms. The molecule has 0 radical (unpaired) electrons. The molecule has 0 aromatic heterocycles. The van der Waals surface area contributed by atoms with Crippen LogP contribution >= 0.6 is 0 Å². The van der Waals surface area contributed by atoms with Crippen LogP contribution in [0.15, 0.2) is 0 Å². The highest BCUT2D eigenvalue weighted by atomic mass is 14.4. The second-order valence-electron chi connectivity index (χ2n) is 6.21. The summed E-state index contributed by atoms with van der Waals surface area (Å²) in [6, 6.07) is 0. The first-order valence-electron chi connectivity index (χ1n) is 6.66. The summed E-state index contributed by atoms with van der Waals surface area (Å²) in [5.74, 6) is 5.19. The Balaban J connectivity index is 1.87. The van der Waals surface area contributed by atoms with Crippen LogP contribution in [0, 0.1) is 29.6 Å². The third kappa shape index (κ3) is 2.15. The van der Waals surface area contributed by atoms with Crippen molar-refractivity contribution in [1.82, 2.24) is 0 Å². The molecule has 0 heteroatoms. The first kappa shape index (κ1) is 10.5. The SMILES string of the molecule is C[C@@H]1CC[C@H](C2CC[C@H](C)[C@H](C)C2)C1. The van der Waals surface area contributed by atoms with Crippen LogP contribution in [0.5, 0.6) is 0 Å². The van der Waals surface area contributed by atoms with E-state index in [0.29, 0.717) is 0 Å². The second kappa shape index (κ2) is 4.24. The molecule has 0 aromatic carbocycles. The van der Waals surface area contributed by atoms with E-state index in [1.807, 2.05) is 0 Å². The quantitative estimate of drug-likeness (QED) is 0.577. The zero-order valence-corrected chi connectivity index (χ0v) is 10.1. The van der Waals surface area contributed by atoms with E-state index < -0.39 is 0 Å². The summed E-state index contributed by atoms with van der Waals surface area (Å²) in [6.07, 6.45) is 9.13. The highest BCUT2D eigenvalue weighted by Crippen LogP contribution is 2.44. The molecule has 2 rings (SSSR count). The van der Waals surface area contributed by atoms with E-state index in [1.165, 1.54) is 38.5 Å². The van der Waals surface area contributed by atoms with Gasteiger partial charge in [-0.05, 0) is 55.3 Å². The van der Waals surface area contributed by atoms with Crippen LogP contribution < -0.4 is 0 Å². The van der Waals surface area contributed by atoms with Gasteiger partial charge in [0.25, 0.3) is 0 Å². The Morgan fingerprint density at radius 1 is 0.643 bits per heavy atom. The van der Waals surface area contributed by atoms with Crippen LogP contribution in [0.1, 0.15) is 59.3 Å². The van der Waals surface area contributed by atoms with Gasteiger partial charge in [-0.3, -0.25) is 0 Å². The summed E-state index contributed by atoms with van der Waals surface area (Å²) in [7, 11) is 0. The van der Waals surface area contributed by atoms with Crippen molar-refractivity contribution < 1.29 is 0 Å². The monoisotopic (exact) mass is 194 g/mol. The van der Waals surface area contributed by atoms with Crippen LogP contribution in [0.2, 0.25) is 0 Å². The van der Waals surface area contributed by atoms with Gasteiger partial charge in [-0.15, -0.1) is 0 Å². The average molecular weight is 194 g/mol. The van der Waals surface area contributed by atoms with Gasteiger partial charge in [-0.2, -0.15) is 0 Å². The zero-order chi connectivity index (χ0) is 10.1. The van der Waals surface area contributed by atoms with E-state index in [2.05, 4.69) is 20.8 Å². The van der Waals surface area contributed by atoms with Gasteiger partial charge in [0.1, 0.15) is 0 Å². The minimum atomic E-state index is 0.990. The predicted molar refractivity (Wildman–Crippen MR) is 62.2 cm³/mol. The molecule has 0 amide bonds. The number of hydrogen-bond donors (Lipinski definition) is 0. The summed E-state index contributed by atoms with van der Waals surface area (Å²) >= 11 is 0. The molecule has 82 valence electrons. The maximum atomic E-state index is 2.47. The lowest BCUT2D eigenvalue weighted by molar-refractivity contribution is 0.156. The predicted octanol–water partition coefficient (Wildman–Crippen LogP) is 4.49. The maximum Gasteiger partial charge on any atom is -0.0383 e. The lowest BCUT2D eigenvalue weighted by atomic mass is 9.70. The van der Waals surface area contributed by atoms with Gasteiger partial charge < -0.3 is 0 Å². The maximum absolute atomic E-state index is 2.47. The molecule has 0 N–H and O–H groups in total. The highest BCUT2D eigenvalue weighted by Gasteiger charge is 2.33. The summed E-state index contributed by atoms with van der Waals surface area (Å²) in [5.41, 5.74) is 0. The lowest BCUT2D eigenvalue weighted by Crippen LogP contribution is -2.25. The first-order chi connectivity index (χ1) is 6.66. The summed E-state index contributed by atoms with van der Waals surface area (Å²) in [6.45, 7) is 7.35. The molecule has 0 bridgehead atoms. The van der Waals surface area contributed by atoms with Crippen LogP contribution in [0.3, 0.4) is 0 Å². The average Bonchev–Trinajstić information content (AvgIpc) is 2.57. The van der Waals surface area contributed by atoms with Crippen molar-refractivity contribution in [2.75, 3.05) is 0 Å². The fourth-order valence-corrected chi connectivity index (χ4v) is 3.70. The molecule has 1 unspecified atom stereocenters. The standard InChI is InChI=1S/C14H26/c1-10-4-6-13(8-10)14-7-5-11(2)12(3)9-14/h10-14H,4-9H2,1-3H3/t10-,11+,12-,13+,14?/m1/s1. The molecule has 0 spiro atoms. The molecule has 0 heterocycles. The van der Waals surface area contributed by atoms with E-state index in [4.69, 9.17) is 0 Å². The Bertz CT molecular complexity index is 184. The third-order valence-corrected chi connectivity index (χ3v) is 5.04. The number of rotatable bonds is 1. The Labute approximate surface area is 89.5 Å². The molecule has 2 saturated carbocycles. The van der Waals surface area contributed by atoms with E-state index >= 15 is 0 Å².